The van der Waals surface area contributed by atoms with Crippen LogP contribution < -0.4 is 5.32 Å². The lowest BCUT2D eigenvalue weighted by Crippen LogP contribution is -2.45. The van der Waals surface area contributed by atoms with Crippen molar-refractivity contribution in [2.45, 2.75) is 31.0 Å². The fourth-order valence-corrected chi connectivity index (χ4v) is 3.72. The summed E-state index contributed by atoms with van der Waals surface area (Å²) in [6.45, 7) is 5.32. The third kappa shape index (κ3) is 4.93. The summed E-state index contributed by atoms with van der Waals surface area (Å²) < 4.78 is 1.59. The Labute approximate surface area is 156 Å². The van der Waals surface area contributed by atoms with Crippen LogP contribution in [0.15, 0.2) is 29.4 Å². The van der Waals surface area contributed by atoms with Gasteiger partial charge in [0.25, 0.3) is 0 Å². The fraction of sp³-hybridized carbons (Fsp3) is 0.500. The van der Waals surface area contributed by atoms with Gasteiger partial charge in [-0.25, -0.2) is 0 Å². The molecule has 0 unspecified atom stereocenters. The van der Waals surface area contributed by atoms with Crippen LogP contribution in [0.2, 0.25) is 5.02 Å². The van der Waals surface area contributed by atoms with Gasteiger partial charge in [0.1, 0.15) is 0 Å². The molecule has 0 atom stereocenters. The average molecular weight is 381 g/mol. The van der Waals surface area contributed by atoms with Crippen molar-refractivity contribution >= 4 is 29.3 Å². The molecule has 1 aliphatic heterocycles. The lowest BCUT2D eigenvalue weighted by molar-refractivity contribution is -0.119. The monoisotopic (exact) mass is 380 g/mol. The Bertz CT molecular complexity index is 716. The second-order valence-electron chi connectivity index (χ2n) is 5.92. The molecular formula is C16H21ClN6OS. The van der Waals surface area contributed by atoms with E-state index in [4.69, 9.17) is 11.6 Å². The maximum absolute atomic E-state index is 12.2. The first-order valence-electron chi connectivity index (χ1n) is 8.34. The van der Waals surface area contributed by atoms with Crippen LogP contribution in [-0.2, 0) is 4.79 Å². The molecule has 134 valence electrons. The molecule has 1 amide bonds. The average Bonchev–Trinajstić information content (AvgIpc) is 3.09. The van der Waals surface area contributed by atoms with E-state index in [1.165, 1.54) is 11.8 Å². The second-order valence-corrected chi connectivity index (χ2v) is 7.30. The van der Waals surface area contributed by atoms with Crippen LogP contribution in [0.5, 0.6) is 0 Å². The third-order valence-electron chi connectivity index (χ3n) is 4.23. The number of carbonyl (C=O) groups is 1. The van der Waals surface area contributed by atoms with Crippen LogP contribution in [0, 0.1) is 0 Å². The number of tetrazole rings is 1. The summed E-state index contributed by atoms with van der Waals surface area (Å²) in [4.78, 5) is 14.6. The highest BCUT2D eigenvalue weighted by Gasteiger charge is 2.20. The maximum Gasteiger partial charge on any atom is 0.230 e. The van der Waals surface area contributed by atoms with E-state index in [-0.39, 0.29) is 17.7 Å². The molecule has 1 saturated heterocycles. The topological polar surface area (TPSA) is 75.9 Å². The Morgan fingerprint density at radius 2 is 2.20 bits per heavy atom. The molecule has 0 bridgehead atoms. The number of carbonyl (C=O) groups excluding carboxylic acids is 1. The molecule has 0 aliphatic carbocycles. The number of aromatic nitrogens is 4. The second kappa shape index (κ2) is 8.64. The van der Waals surface area contributed by atoms with Gasteiger partial charge in [-0.2, -0.15) is 4.68 Å². The predicted molar refractivity (Wildman–Crippen MR) is 98.2 cm³/mol. The van der Waals surface area contributed by atoms with Crippen molar-refractivity contribution in [3.8, 4) is 5.69 Å². The van der Waals surface area contributed by atoms with Crippen LogP contribution in [0.1, 0.15) is 19.8 Å². The van der Waals surface area contributed by atoms with Crippen molar-refractivity contribution in [2.75, 3.05) is 25.4 Å². The molecule has 1 aromatic heterocycles. The molecule has 2 aromatic rings. The smallest absolute Gasteiger partial charge is 0.230 e. The van der Waals surface area contributed by atoms with Gasteiger partial charge in [-0.1, -0.05) is 36.4 Å². The highest BCUT2D eigenvalue weighted by atomic mass is 35.5. The minimum absolute atomic E-state index is 0.0144. The van der Waals surface area contributed by atoms with Crippen LogP contribution in [0.4, 0.5) is 0 Å². The van der Waals surface area contributed by atoms with Crippen molar-refractivity contribution in [3.05, 3.63) is 29.3 Å². The van der Waals surface area contributed by atoms with Gasteiger partial charge < -0.3 is 10.2 Å². The highest BCUT2D eigenvalue weighted by Crippen LogP contribution is 2.20. The number of nitrogens with zero attached hydrogens (tertiary/aromatic N) is 5. The minimum atomic E-state index is 0.0144. The van der Waals surface area contributed by atoms with E-state index in [9.17, 15) is 4.79 Å². The predicted octanol–water partition coefficient (Wildman–Crippen LogP) is 2.01. The van der Waals surface area contributed by atoms with E-state index >= 15 is 0 Å². The van der Waals surface area contributed by atoms with Crippen molar-refractivity contribution in [1.82, 2.24) is 30.4 Å². The zero-order valence-corrected chi connectivity index (χ0v) is 15.6. The van der Waals surface area contributed by atoms with Gasteiger partial charge in [-0.3, -0.25) is 4.79 Å². The number of thioether (sulfide) groups is 1. The molecule has 0 radical (unpaired) electrons. The first-order valence-corrected chi connectivity index (χ1v) is 9.71. The fourth-order valence-electron chi connectivity index (χ4n) is 2.83. The summed E-state index contributed by atoms with van der Waals surface area (Å²) in [6, 6.07) is 7.54. The number of amides is 1. The third-order valence-corrected chi connectivity index (χ3v) is 5.38. The lowest BCUT2D eigenvalue weighted by atomic mass is 10.1. The Balaban J connectivity index is 1.52. The lowest BCUT2D eigenvalue weighted by Gasteiger charge is -2.31. The van der Waals surface area contributed by atoms with Crippen molar-refractivity contribution in [3.63, 3.8) is 0 Å². The van der Waals surface area contributed by atoms with Gasteiger partial charge in [0.15, 0.2) is 0 Å². The van der Waals surface area contributed by atoms with Crippen LogP contribution in [-0.4, -0.2) is 62.4 Å². The number of hydrogen-bond donors (Lipinski definition) is 1. The summed E-state index contributed by atoms with van der Waals surface area (Å²) in [6.07, 6.45) is 2.01. The van der Waals surface area contributed by atoms with Gasteiger partial charge in [0.2, 0.25) is 11.1 Å². The zero-order valence-electron chi connectivity index (χ0n) is 14.1. The van der Waals surface area contributed by atoms with E-state index < -0.39 is 0 Å². The molecule has 3 rings (SSSR count). The van der Waals surface area contributed by atoms with Gasteiger partial charge in [-0.15, -0.1) is 5.10 Å². The molecule has 1 fully saturated rings. The maximum atomic E-state index is 12.2. The van der Waals surface area contributed by atoms with Gasteiger partial charge in [-0.05, 0) is 48.0 Å². The van der Waals surface area contributed by atoms with Gasteiger partial charge >= 0.3 is 0 Å². The first-order chi connectivity index (χ1) is 12.2. The van der Waals surface area contributed by atoms with Crippen molar-refractivity contribution < 1.29 is 4.79 Å². The van der Waals surface area contributed by atoms with E-state index in [2.05, 4.69) is 32.7 Å². The molecule has 0 saturated carbocycles. The molecule has 9 heteroatoms. The van der Waals surface area contributed by atoms with E-state index in [0.29, 0.717) is 10.2 Å². The standard InChI is InChI=1S/C16H21ClN6OS/c1-2-22-8-6-13(7-9-22)18-15(24)11-25-16-19-20-21-23(16)14-5-3-4-12(17)10-14/h3-5,10,13H,2,6-9,11H2,1H3,(H,18,24). The summed E-state index contributed by atoms with van der Waals surface area (Å²) >= 11 is 7.33. The summed E-state index contributed by atoms with van der Waals surface area (Å²) in [5.41, 5.74) is 0.771. The Kier molecular flexibility index (Phi) is 6.28. The van der Waals surface area contributed by atoms with Crippen LogP contribution in [0.3, 0.4) is 0 Å². The van der Waals surface area contributed by atoms with E-state index in [1.807, 2.05) is 12.1 Å². The van der Waals surface area contributed by atoms with Crippen LogP contribution in [0.25, 0.3) is 5.69 Å². The number of rotatable bonds is 6. The molecule has 1 aliphatic rings. The molecule has 25 heavy (non-hydrogen) atoms. The Morgan fingerprint density at radius 1 is 1.40 bits per heavy atom. The van der Waals surface area contributed by atoms with E-state index in [1.54, 1.807) is 16.8 Å². The molecule has 7 nitrogen and oxygen atoms in total. The number of hydrogen-bond acceptors (Lipinski definition) is 6. The Hall–Kier alpha value is -1.64. The van der Waals surface area contributed by atoms with Gasteiger partial charge in [0, 0.05) is 24.2 Å². The zero-order chi connectivity index (χ0) is 17.6. The quantitative estimate of drug-likeness (QED) is 0.772. The SMILES string of the molecule is CCN1CCC(NC(=O)CSc2nnnn2-c2cccc(Cl)c2)CC1. The van der Waals surface area contributed by atoms with Crippen molar-refractivity contribution in [1.29, 1.82) is 0 Å². The summed E-state index contributed by atoms with van der Waals surface area (Å²) in [5, 5.41) is 16.0. The largest absolute Gasteiger partial charge is 0.353 e. The first kappa shape index (κ1) is 18.2. The number of nitrogens with one attached hydrogen (secondary N) is 1. The molecule has 0 spiro atoms. The number of likely N-dealkylation sites (tertiary alicyclic amines) is 1. The van der Waals surface area contributed by atoms with Gasteiger partial charge in [0.05, 0.1) is 11.4 Å². The Morgan fingerprint density at radius 3 is 2.92 bits per heavy atom. The minimum Gasteiger partial charge on any atom is -0.353 e. The summed E-state index contributed by atoms with van der Waals surface area (Å²) in [5.74, 6) is 0.301. The normalized spacial score (nSPS) is 16.1. The van der Waals surface area contributed by atoms with Crippen molar-refractivity contribution in [2.24, 2.45) is 0 Å². The van der Waals surface area contributed by atoms with E-state index in [0.717, 1.165) is 38.2 Å². The number of benzene rings is 1. The molecular weight excluding hydrogens is 360 g/mol. The van der Waals surface area contributed by atoms with Crippen LogP contribution >= 0.6 is 23.4 Å². The highest BCUT2D eigenvalue weighted by molar-refractivity contribution is 7.99. The number of halogens is 1. The summed E-state index contributed by atoms with van der Waals surface area (Å²) in [7, 11) is 0. The number of piperidine rings is 1. The molecule has 2 heterocycles. The molecule has 1 aromatic carbocycles. The molecule has 1 N–H and O–H groups in total.